The van der Waals surface area contributed by atoms with Gasteiger partial charge in [-0.25, -0.2) is 4.98 Å². The highest BCUT2D eigenvalue weighted by molar-refractivity contribution is 7.16. The smallest absolute Gasteiger partial charge is 0.227 e. The summed E-state index contributed by atoms with van der Waals surface area (Å²) >= 11 is 1.60. The highest BCUT2D eigenvalue weighted by atomic mass is 32.1. The van der Waals surface area contributed by atoms with E-state index in [0.29, 0.717) is 18.4 Å². The van der Waals surface area contributed by atoms with Crippen LogP contribution in [0.3, 0.4) is 0 Å². The number of ether oxygens (including phenoxy) is 1. The fourth-order valence-corrected chi connectivity index (χ4v) is 2.25. The van der Waals surface area contributed by atoms with Crippen LogP contribution in [0.25, 0.3) is 10.2 Å². The summed E-state index contributed by atoms with van der Waals surface area (Å²) < 4.78 is 5.68. The molecule has 0 aliphatic heterocycles. The second kappa shape index (κ2) is 6.35. The average molecular weight is 263 g/mol. The first-order valence-electron chi connectivity index (χ1n) is 6.08. The first kappa shape index (κ1) is 12.8. The first-order valence-corrected chi connectivity index (χ1v) is 6.96. The Hall–Kier alpha value is -1.62. The molecule has 0 atom stereocenters. The molecule has 0 amide bonds. The minimum absolute atomic E-state index is 0.596. The lowest BCUT2D eigenvalue weighted by molar-refractivity contribution is 0.317. The fourth-order valence-electron chi connectivity index (χ4n) is 1.49. The molecule has 0 fully saturated rings. The zero-order chi connectivity index (χ0) is 12.8. The molecule has 0 saturated heterocycles. The molecule has 0 unspecified atom stereocenters. The van der Waals surface area contributed by atoms with Gasteiger partial charge in [-0.2, -0.15) is 4.98 Å². The number of rotatable bonds is 7. The van der Waals surface area contributed by atoms with Gasteiger partial charge < -0.3 is 10.1 Å². The van der Waals surface area contributed by atoms with Crippen molar-refractivity contribution in [2.45, 2.75) is 19.8 Å². The molecule has 2 aromatic heterocycles. The molecule has 2 heterocycles. The quantitative estimate of drug-likeness (QED) is 0.614. The van der Waals surface area contributed by atoms with Crippen molar-refractivity contribution in [2.24, 2.45) is 0 Å². The van der Waals surface area contributed by atoms with Crippen molar-refractivity contribution < 1.29 is 4.74 Å². The summed E-state index contributed by atoms with van der Waals surface area (Å²) in [5.41, 5.74) is 0. The second-order valence-electron chi connectivity index (χ2n) is 3.84. The molecule has 96 valence electrons. The summed E-state index contributed by atoms with van der Waals surface area (Å²) in [6.45, 7) is 7.25. The molecule has 1 N–H and O–H groups in total. The lowest BCUT2D eigenvalue weighted by Gasteiger charge is -2.08. The lowest BCUT2D eigenvalue weighted by atomic mass is 10.4. The van der Waals surface area contributed by atoms with E-state index in [2.05, 4.69) is 28.8 Å². The number of hydrogen-bond acceptors (Lipinski definition) is 5. The van der Waals surface area contributed by atoms with Crippen LogP contribution in [0, 0.1) is 0 Å². The maximum Gasteiger partial charge on any atom is 0.227 e. The maximum absolute atomic E-state index is 5.68. The van der Waals surface area contributed by atoms with Gasteiger partial charge in [-0.15, -0.1) is 17.9 Å². The SMILES string of the molecule is C=CCCOc1nc(NCCC)nc2sccc12. The lowest BCUT2D eigenvalue weighted by Crippen LogP contribution is -2.06. The Balaban J connectivity index is 2.23. The molecule has 0 saturated carbocycles. The largest absolute Gasteiger partial charge is 0.477 e. The average Bonchev–Trinajstić information content (AvgIpc) is 2.85. The number of nitrogens with zero attached hydrogens (tertiary/aromatic N) is 2. The topological polar surface area (TPSA) is 47.0 Å². The van der Waals surface area contributed by atoms with Crippen LogP contribution in [0.2, 0.25) is 0 Å². The van der Waals surface area contributed by atoms with Crippen molar-refractivity contribution in [3.63, 3.8) is 0 Å². The molecule has 0 spiro atoms. The van der Waals surface area contributed by atoms with Crippen molar-refractivity contribution in [2.75, 3.05) is 18.5 Å². The fraction of sp³-hybridized carbons (Fsp3) is 0.385. The summed E-state index contributed by atoms with van der Waals surface area (Å²) in [4.78, 5) is 9.82. The van der Waals surface area contributed by atoms with Gasteiger partial charge >= 0.3 is 0 Å². The number of aromatic nitrogens is 2. The molecule has 2 aromatic rings. The number of hydrogen-bond donors (Lipinski definition) is 1. The molecule has 4 nitrogen and oxygen atoms in total. The van der Waals surface area contributed by atoms with E-state index >= 15 is 0 Å². The van der Waals surface area contributed by atoms with Crippen LogP contribution in [-0.4, -0.2) is 23.1 Å². The monoisotopic (exact) mass is 263 g/mol. The van der Waals surface area contributed by atoms with Gasteiger partial charge in [-0.05, 0) is 24.3 Å². The van der Waals surface area contributed by atoms with E-state index in [1.165, 1.54) is 0 Å². The third-order valence-corrected chi connectivity index (χ3v) is 3.19. The zero-order valence-corrected chi connectivity index (χ0v) is 11.3. The third kappa shape index (κ3) is 2.98. The summed E-state index contributed by atoms with van der Waals surface area (Å²) in [5.74, 6) is 1.29. The Morgan fingerprint density at radius 1 is 1.50 bits per heavy atom. The highest BCUT2D eigenvalue weighted by Gasteiger charge is 2.09. The predicted molar refractivity (Wildman–Crippen MR) is 76.5 cm³/mol. The van der Waals surface area contributed by atoms with Gasteiger partial charge in [0.25, 0.3) is 0 Å². The molecular weight excluding hydrogens is 246 g/mol. The summed E-state index contributed by atoms with van der Waals surface area (Å²) in [5, 5.41) is 6.17. The van der Waals surface area contributed by atoms with Gasteiger partial charge in [0.1, 0.15) is 4.83 Å². The molecule has 0 radical (unpaired) electrons. The maximum atomic E-state index is 5.68. The minimum Gasteiger partial charge on any atom is -0.477 e. The molecule has 18 heavy (non-hydrogen) atoms. The van der Waals surface area contributed by atoms with Crippen LogP contribution >= 0.6 is 11.3 Å². The van der Waals surface area contributed by atoms with Crippen LogP contribution < -0.4 is 10.1 Å². The van der Waals surface area contributed by atoms with Crippen molar-refractivity contribution >= 4 is 27.5 Å². The number of thiophene rings is 1. The minimum atomic E-state index is 0.596. The molecule has 5 heteroatoms. The highest BCUT2D eigenvalue weighted by Crippen LogP contribution is 2.28. The van der Waals surface area contributed by atoms with E-state index in [1.54, 1.807) is 11.3 Å². The molecular formula is C13H17N3OS. The van der Waals surface area contributed by atoms with Gasteiger partial charge in [0.2, 0.25) is 11.8 Å². The van der Waals surface area contributed by atoms with Gasteiger partial charge in [-0.3, -0.25) is 0 Å². The van der Waals surface area contributed by atoms with Gasteiger partial charge in [0, 0.05) is 6.54 Å². The van der Waals surface area contributed by atoms with Crippen LogP contribution in [0.5, 0.6) is 5.88 Å². The Morgan fingerprint density at radius 3 is 3.17 bits per heavy atom. The van der Waals surface area contributed by atoms with Crippen LogP contribution in [0.1, 0.15) is 19.8 Å². The molecule has 2 rings (SSSR count). The summed E-state index contributed by atoms with van der Waals surface area (Å²) in [7, 11) is 0. The number of nitrogens with one attached hydrogen (secondary N) is 1. The van der Waals surface area contributed by atoms with E-state index in [-0.39, 0.29) is 0 Å². The van der Waals surface area contributed by atoms with Crippen molar-refractivity contribution in [3.05, 3.63) is 24.1 Å². The number of anilines is 1. The summed E-state index contributed by atoms with van der Waals surface area (Å²) in [6, 6.07) is 1.99. The van der Waals surface area contributed by atoms with Crippen LogP contribution in [0.15, 0.2) is 24.1 Å². The second-order valence-corrected chi connectivity index (χ2v) is 4.74. The van der Waals surface area contributed by atoms with E-state index in [0.717, 1.165) is 29.6 Å². The number of fused-ring (bicyclic) bond motifs is 1. The standard InChI is InChI=1S/C13H17N3OS/c1-3-5-8-17-11-10-6-9-18-12(10)16-13(15-11)14-7-4-2/h3,6,9H,1,4-5,7-8H2,2H3,(H,14,15,16). The van der Waals surface area contributed by atoms with E-state index in [4.69, 9.17) is 4.74 Å². The van der Waals surface area contributed by atoms with E-state index in [1.807, 2.05) is 17.5 Å². The van der Waals surface area contributed by atoms with Crippen LogP contribution in [-0.2, 0) is 0 Å². The first-order chi connectivity index (χ1) is 8.85. The molecule has 0 bridgehead atoms. The third-order valence-electron chi connectivity index (χ3n) is 2.38. The summed E-state index contributed by atoms with van der Waals surface area (Å²) in [6.07, 6.45) is 3.69. The van der Waals surface area contributed by atoms with Crippen molar-refractivity contribution in [1.29, 1.82) is 0 Å². The molecule has 0 aromatic carbocycles. The predicted octanol–water partition coefficient (Wildman–Crippen LogP) is 3.47. The van der Waals surface area contributed by atoms with Gasteiger partial charge in [0.15, 0.2) is 0 Å². The van der Waals surface area contributed by atoms with Crippen molar-refractivity contribution in [1.82, 2.24) is 9.97 Å². The van der Waals surface area contributed by atoms with E-state index < -0.39 is 0 Å². The molecule has 0 aliphatic rings. The normalized spacial score (nSPS) is 10.5. The Labute approximate surface area is 111 Å². The van der Waals surface area contributed by atoms with Crippen molar-refractivity contribution in [3.8, 4) is 5.88 Å². The van der Waals surface area contributed by atoms with E-state index in [9.17, 15) is 0 Å². The van der Waals surface area contributed by atoms with Gasteiger partial charge in [-0.1, -0.05) is 13.0 Å². The van der Waals surface area contributed by atoms with Crippen LogP contribution in [0.4, 0.5) is 5.95 Å². The van der Waals surface area contributed by atoms with Gasteiger partial charge in [0.05, 0.1) is 12.0 Å². The zero-order valence-electron chi connectivity index (χ0n) is 10.5. The molecule has 0 aliphatic carbocycles. The Bertz CT molecular complexity index is 524. The Kier molecular flexibility index (Phi) is 4.52. The Morgan fingerprint density at radius 2 is 2.39 bits per heavy atom.